The average molecular weight is 929 g/mol. The monoisotopic (exact) mass is 929 g/mol. The van der Waals surface area contributed by atoms with Crippen molar-refractivity contribution in [1.82, 2.24) is 0 Å². The minimum Gasteiger partial charge on any atom is -0.462 e. The highest BCUT2D eigenvalue weighted by molar-refractivity contribution is 5.71. The molecule has 0 saturated carbocycles. The minimum atomic E-state index is -0.810. The molecular weight excluding hydrogens is 829 g/mol. The highest BCUT2D eigenvalue weighted by atomic mass is 16.6. The van der Waals surface area contributed by atoms with E-state index >= 15 is 0 Å². The van der Waals surface area contributed by atoms with Gasteiger partial charge in [0, 0.05) is 19.3 Å². The molecule has 0 N–H and O–H groups in total. The lowest BCUT2D eigenvalue weighted by Crippen LogP contribution is -2.30. The molecule has 1 atom stereocenters. The van der Waals surface area contributed by atoms with Crippen LogP contribution in [0.4, 0.5) is 0 Å². The van der Waals surface area contributed by atoms with E-state index in [1.807, 2.05) is 0 Å². The third-order valence-corrected chi connectivity index (χ3v) is 11.2. The van der Waals surface area contributed by atoms with Crippen LogP contribution in [0.1, 0.15) is 239 Å². The van der Waals surface area contributed by atoms with Gasteiger partial charge >= 0.3 is 17.9 Å². The number of carbonyl (C=O) groups is 3. The normalized spacial score (nSPS) is 12.9. The molecule has 380 valence electrons. The lowest BCUT2D eigenvalue weighted by atomic mass is 10.1. The van der Waals surface area contributed by atoms with E-state index in [-0.39, 0.29) is 37.5 Å². The second kappa shape index (κ2) is 54.7. The first-order chi connectivity index (χ1) is 33.0. The quantitative estimate of drug-likeness (QED) is 0.0262. The van der Waals surface area contributed by atoms with Gasteiger partial charge in [0.1, 0.15) is 13.2 Å². The SMILES string of the molecule is CC/C=C\C/C=C\C/C=C\C/C=C\C/C=C\C/C=C\C/C=C\CCCC(=O)OCC(COC(=O)CCCCCCC/C=C\CCCC)OC(=O)CCCCCCC/C=C\CCCCCCCC. The molecule has 0 aliphatic heterocycles. The van der Waals surface area contributed by atoms with E-state index < -0.39 is 6.10 Å². The lowest BCUT2D eigenvalue weighted by molar-refractivity contribution is -0.167. The number of carbonyl (C=O) groups excluding carboxylic acids is 3. The molecule has 0 spiro atoms. The van der Waals surface area contributed by atoms with Crippen molar-refractivity contribution in [3.05, 3.63) is 109 Å². The number of allylic oxidation sites excluding steroid dienone is 18. The predicted molar refractivity (Wildman–Crippen MR) is 288 cm³/mol. The van der Waals surface area contributed by atoms with Gasteiger partial charge in [-0.25, -0.2) is 0 Å². The van der Waals surface area contributed by atoms with Crippen LogP contribution in [-0.2, 0) is 28.6 Å². The van der Waals surface area contributed by atoms with E-state index in [1.165, 1.54) is 77.0 Å². The van der Waals surface area contributed by atoms with Gasteiger partial charge in [-0.05, 0) is 116 Å². The summed E-state index contributed by atoms with van der Waals surface area (Å²) < 4.78 is 16.7. The molecule has 0 fully saturated rings. The van der Waals surface area contributed by atoms with Crippen LogP contribution in [0, 0.1) is 0 Å². The van der Waals surface area contributed by atoms with Gasteiger partial charge < -0.3 is 14.2 Å². The van der Waals surface area contributed by atoms with Gasteiger partial charge in [0.2, 0.25) is 0 Å². The first kappa shape index (κ1) is 63.1. The highest BCUT2D eigenvalue weighted by Gasteiger charge is 2.19. The van der Waals surface area contributed by atoms with Crippen LogP contribution in [0.5, 0.6) is 0 Å². The van der Waals surface area contributed by atoms with Crippen LogP contribution in [0.2, 0.25) is 0 Å². The summed E-state index contributed by atoms with van der Waals surface area (Å²) in [6, 6.07) is 0. The zero-order chi connectivity index (χ0) is 48.6. The molecular formula is C61H100O6. The Bertz CT molecular complexity index is 1390. The van der Waals surface area contributed by atoms with Crippen LogP contribution in [-0.4, -0.2) is 37.2 Å². The third kappa shape index (κ3) is 52.9. The van der Waals surface area contributed by atoms with Crippen LogP contribution < -0.4 is 0 Å². The Morgan fingerprint density at radius 3 is 1.03 bits per heavy atom. The van der Waals surface area contributed by atoms with Gasteiger partial charge in [-0.2, -0.15) is 0 Å². The second-order valence-electron chi connectivity index (χ2n) is 17.7. The molecule has 0 bridgehead atoms. The fraction of sp³-hybridized carbons (Fsp3) is 0.656. The van der Waals surface area contributed by atoms with E-state index in [1.54, 1.807) is 0 Å². The number of rotatable bonds is 48. The molecule has 0 aliphatic rings. The summed E-state index contributed by atoms with van der Waals surface area (Å²) in [7, 11) is 0. The molecule has 0 aromatic carbocycles. The lowest BCUT2D eigenvalue weighted by Gasteiger charge is -2.18. The van der Waals surface area contributed by atoms with E-state index in [2.05, 4.69) is 130 Å². The Kier molecular flexibility index (Phi) is 51.5. The topological polar surface area (TPSA) is 78.9 Å². The fourth-order valence-corrected chi connectivity index (χ4v) is 7.11. The summed E-state index contributed by atoms with van der Waals surface area (Å²) in [6.07, 6.45) is 73.7. The summed E-state index contributed by atoms with van der Waals surface area (Å²) in [5, 5.41) is 0. The molecule has 0 heterocycles. The van der Waals surface area contributed by atoms with Crippen molar-refractivity contribution in [2.24, 2.45) is 0 Å². The molecule has 0 aromatic heterocycles. The van der Waals surface area contributed by atoms with E-state index in [4.69, 9.17) is 14.2 Å². The largest absolute Gasteiger partial charge is 0.462 e. The van der Waals surface area contributed by atoms with Crippen molar-refractivity contribution in [3.8, 4) is 0 Å². The van der Waals surface area contributed by atoms with Crippen molar-refractivity contribution in [2.75, 3.05) is 13.2 Å². The van der Waals surface area contributed by atoms with Crippen LogP contribution in [0.25, 0.3) is 0 Å². The first-order valence-electron chi connectivity index (χ1n) is 27.4. The molecule has 0 aliphatic carbocycles. The molecule has 67 heavy (non-hydrogen) atoms. The first-order valence-corrected chi connectivity index (χ1v) is 27.4. The van der Waals surface area contributed by atoms with E-state index in [0.29, 0.717) is 19.3 Å². The molecule has 1 unspecified atom stereocenters. The van der Waals surface area contributed by atoms with Crippen molar-refractivity contribution >= 4 is 17.9 Å². The smallest absolute Gasteiger partial charge is 0.306 e. The summed E-state index contributed by atoms with van der Waals surface area (Å²) in [4.78, 5) is 38.0. The molecule has 6 nitrogen and oxygen atoms in total. The van der Waals surface area contributed by atoms with E-state index in [9.17, 15) is 14.4 Å². The minimum absolute atomic E-state index is 0.105. The van der Waals surface area contributed by atoms with Crippen molar-refractivity contribution in [3.63, 3.8) is 0 Å². The average Bonchev–Trinajstić information content (AvgIpc) is 3.33. The Morgan fingerprint density at radius 2 is 0.612 bits per heavy atom. The number of hydrogen-bond donors (Lipinski definition) is 0. The van der Waals surface area contributed by atoms with Gasteiger partial charge in [0.25, 0.3) is 0 Å². The molecule has 0 aromatic rings. The standard InChI is InChI=1S/C61H100O6/c1-4-7-10-13-16-19-22-24-26-27-28-29-30-31-32-33-35-36-39-42-45-48-51-54-60(63)66-57-58(56-65-59(62)53-50-47-44-41-38-21-18-15-12-9-6-3)67-61(64)55-52-49-46-43-40-37-34-25-23-20-17-14-11-8-5-2/h7,10,15-16,18-19,24-26,28-29,31-32,34-36,42,45,58H,4-6,8-9,11-14,17,20-23,27,30,33,37-41,43-44,46-57H2,1-3H3/b10-7-,18-15-,19-16-,26-24-,29-28-,32-31-,34-25-,36-35-,45-42-. The van der Waals surface area contributed by atoms with Gasteiger partial charge in [0.15, 0.2) is 6.10 Å². The van der Waals surface area contributed by atoms with Crippen molar-refractivity contribution < 1.29 is 28.6 Å². The Labute approximate surface area is 412 Å². The summed E-state index contributed by atoms with van der Waals surface area (Å²) >= 11 is 0. The number of esters is 3. The Morgan fingerprint density at radius 1 is 0.313 bits per heavy atom. The molecule has 0 saturated heterocycles. The fourth-order valence-electron chi connectivity index (χ4n) is 7.11. The summed E-state index contributed by atoms with van der Waals surface area (Å²) in [6.45, 7) is 6.41. The van der Waals surface area contributed by atoms with Crippen LogP contribution >= 0.6 is 0 Å². The second-order valence-corrected chi connectivity index (χ2v) is 17.7. The zero-order valence-corrected chi connectivity index (χ0v) is 43.4. The Hall–Kier alpha value is -3.93. The van der Waals surface area contributed by atoms with Gasteiger partial charge in [0.05, 0.1) is 0 Å². The Balaban J connectivity index is 4.47. The maximum Gasteiger partial charge on any atom is 0.306 e. The van der Waals surface area contributed by atoms with Crippen LogP contribution in [0.3, 0.4) is 0 Å². The zero-order valence-electron chi connectivity index (χ0n) is 43.4. The third-order valence-electron chi connectivity index (χ3n) is 11.2. The number of ether oxygens (including phenoxy) is 3. The van der Waals surface area contributed by atoms with Crippen molar-refractivity contribution in [1.29, 1.82) is 0 Å². The molecule has 0 amide bonds. The number of hydrogen-bond acceptors (Lipinski definition) is 6. The van der Waals surface area contributed by atoms with Gasteiger partial charge in [-0.3, -0.25) is 14.4 Å². The molecule has 0 radical (unpaired) electrons. The predicted octanol–water partition coefficient (Wildman–Crippen LogP) is 18.3. The maximum atomic E-state index is 12.8. The number of unbranched alkanes of at least 4 members (excludes halogenated alkanes) is 19. The van der Waals surface area contributed by atoms with Gasteiger partial charge in [-0.15, -0.1) is 0 Å². The van der Waals surface area contributed by atoms with Crippen LogP contribution in [0.15, 0.2) is 109 Å². The molecule has 6 heteroatoms. The molecule has 0 rings (SSSR count). The van der Waals surface area contributed by atoms with Gasteiger partial charge in [-0.1, -0.05) is 214 Å². The van der Waals surface area contributed by atoms with E-state index in [0.717, 1.165) is 116 Å². The summed E-state index contributed by atoms with van der Waals surface area (Å²) in [5.41, 5.74) is 0. The maximum absolute atomic E-state index is 12.8. The van der Waals surface area contributed by atoms with Crippen molar-refractivity contribution in [2.45, 2.75) is 245 Å². The highest BCUT2D eigenvalue weighted by Crippen LogP contribution is 2.13. The summed E-state index contributed by atoms with van der Waals surface area (Å²) in [5.74, 6) is -0.988.